The highest BCUT2D eigenvalue weighted by molar-refractivity contribution is 6.31. The van der Waals surface area contributed by atoms with Crippen molar-refractivity contribution in [3.63, 3.8) is 0 Å². The fraction of sp³-hybridized carbons (Fsp3) is 0.333. The van der Waals surface area contributed by atoms with Crippen molar-refractivity contribution in [3.05, 3.63) is 38.9 Å². The van der Waals surface area contributed by atoms with E-state index in [0.29, 0.717) is 17.2 Å². The molecule has 1 aromatic carbocycles. The highest BCUT2D eigenvalue weighted by Gasteiger charge is 2.43. The summed E-state index contributed by atoms with van der Waals surface area (Å²) < 4.78 is 5.19. The number of benzene rings is 1. The number of halogens is 1. The largest absolute Gasteiger partial charge is 0.365 e. The monoisotopic (exact) mass is 213 g/mol. The highest BCUT2D eigenvalue weighted by atomic mass is 35.5. The molecule has 14 heavy (non-hydrogen) atoms. The number of rotatable bonds is 2. The molecule has 1 fully saturated rings. The zero-order valence-corrected chi connectivity index (χ0v) is 8.25. The van der Waals surface area contributed by atoms with Gasteiger partial charge in [0.25, 0.3) is 5.69 Å². The molecule has 0 amide bonds. The molecule has 74 valence electrons. The normalized spacial score (nSPS) is 24.7. The van der Waals surface area contributed by atoms with Crippen LogP contribution in [0.1, 0.15) is 12.5 Å². The van der Waals surface area contributed by atoms with E-state index in [9.17, 15) is 10.1 Å². The van der Waals surface area contributed by atoms with Crippen molar-refractivity contribution < 1.29 is 9.66 Å². The summed E-state index contributed by atoms with van der Waals surface area (Å²) in [4.78, 5) is 10.1. The first-order valence-electron chi connectivity index (χ1n) is 4.11. The van der Waals surface area contributed by atoms with Crippen LogP contribution in [0.2, 0.25) is 5.02 Å². The van der Waals surface area contributed by atoms with Crippen LogP contribution in [0.3, 0.4) is 0 Å². The van der Waals surface area contributed by atoms with Gasteiger partial charge in [0.1, 0.15) is 5.60 Å². The third-order valence-corrected chi connectivity index (χ3v) is 2.64. The van der Waals surface area contributed by atoms with Crippen LogP contribution in [0.25, 0.3) is 0 Å². The second-order valence-corrected chi connectivity index (χ2v) is 3.85. The molecule has 0 aliphatic carbocycles. The number of non-ortho nitro benzene ring substituents is 1. The van der Waals surface area contributed by atoms with Crippen LogP contribution in [0.15, 0.2) is 18.2 Å². The van der Waals surface area contributed by atoms with E-state index in [-0.39, 0.29) is 5.69 Å². The van der Waals surface area contributed by atoms with E-state index in [2.05, 4.69) is 0 Å². The van der Waals surface area contributed by atoms with Crippen LogP contribution in [0.4, 0.5) is 5.69 Å². The molecule has 2 rings (SSSR count). The molecule has 0 aromatic heterocycles. The van der Waals surface area contributed by atoms with Gasteiger partial charge in [-0.3, -0.25) is 10.1 Å². The van der Waals surface area contributed by atoms with E-state index in [1.807, 2.05) is 6.92 Å². The quantitative estimate of drug-likeness (QED) is 0.431. The Bertz CT molecular complexity index is 401. The van der Waals surface area contributed by atoms with Gasteiger partial charge in [0.15, 0.2) is 0 Å². The molecule has 1 aliphatic heterocycles. The van der Waals surface area contributed by atoms with E-state index in [1.165, 1.54) is 18.2 Å². The fourth-order valence-electron chi connectivity index (χ4n) is 1.30. The predicted molar refractivity (Wildman–Crippen MR) is 51.4 cm³/mol. The number of nitro groups is 1. The van der Waals surface area contributed by atoms with Gasteiger partial charge >= 0.3 is 0 Å². The molecule has 0 saturated carbocycles. The van der Waals surface area contributed by atoms with Crippen molar-refractivity contribution in [3.8, 4) is 0 Å². The fourth-order valence-corrected chi connectivity index (χ4v) is 1.61. The Kier molecular flexibility index (Phi) is 1.97. The van der Waals surface area contributed by atoms with Crippen molar-refractivity contribution in [1.29, 1.82) is 0 Å². The summed E-state index contributed by atoms with van der Waals surface area (Å²) in [7, 11) is 0. The lowest BCUT2D eigenvalue weighted by molar-refractivity contribution is -0.385. The van der Waals surface area contributed by atoms with Gasteiger partial charge in [0.2, 0.25) is 0 Å². The summed E-state index contributed by atoms with van der Waals surface area (Å²) in [6.45, 7) is 2.42. The van der Waals surface area contributed by atoms with Gasteiger partial charge < -0.3 is 4.74 Å². The minimum absolute atomic E-state index is 0.0427. The lowest BCUT2D eigenvalue weighted by Crippen LogP contribution is -2.03. The summed E-state index contributed by atoms with van der Waals surface area (Å²) >= 11 is 5.92. The van der Waals surface area contributed by atoms with Crippen molar-refractivity contribution >= 4 is 17.3 Å². The number of nitro benzene ring substituents is 1. The Labute approximate surface area is 85.6 Å². The van der Waals surface area contributed by atoms with Gasteiger partial charge in [-0.1, -0.05) is 11.6 Å². The lowest BCUT2D eigenvalue weighted by Gasteiger charge is -2.07. The zero-order chi connectivity index (χ0) is 10.3. The van der Waals surface area contributed by atoms with Crippen LogP contribution in [0.5, 0.6) is 0 Å². The van der Waals surface area contributed by atoms with Gasteiger partial charge in [0.05, 0.1) is 11.5 Å². The van der Waals surface area contributed by atoms with Crippen LogP contribution >= 0.6 is 11.6 Å². The first-order chi connectivity index (χ1) is 6.53. The molecular weight excluding hydrogens is 206 g/mol. The number of epoxide rings is 1. The minimum atomic E-state index is -0.439. The Morgan fingerprint density at radius 1 is 1.64 bits per heavy atom. The van der Waals surface area contributed by atoms with Crippen LogP contribution < -0.4 is 0 Å². The maximum absolute atomic E-state index is 10.5. The van der Waals surface area contributed by atoms with Crippen LogP contribution in [-0.2, 0) is 10.3 Å². The molecule has 1 heterocycles. The molecule has 1 atom stereocenters. The van der Waals surface area contributed by atoms with Crippen molar-refractivity contribution in [1.82, 2.24) is 0 Å². The zero-order valence-electron chi connectivity index (χ0n) is 7.49. The van der Waals surface area contributed by atoms with E-state index in [0.717, 1.165) is 0 Å². The summed E-state index contributed by atoms with van der Waals surface area (Å²) in [6.07, 6.45) is 0. The maximum atomic E-state index is 10.5. The number of hydrogen-bond donors (Lipinski definition) is 0. The number of ether oxygens (including phenoxy) is 1. The van der Waals surface area contributed by atoms with Crippen LogP contribution in [0, 0.1) is 10.1 Å². The van der Waals surface area contributed by atoms with Crippen molar-refractivity contribution in [2.24, 2.45) is 0 Å². The average Bonchev–Trinajstić information content (AvgIpc) is 2.85. The summed E-state index contributed by atoms with van der Waals surface area (Å²) in [5.74, 6) is 0. The van der Waals surface area contributed by atoms with E-state index in [4.69, 9.17) is 16.3 Å². The van der Waals surface area contributed by atoms with Gasteiger partial charge in [-0.05, 0) is 13.0 Å². The van der Waals surface area contributed by atoms with Gasteiger partial charge in [-0.25, -0.2) is 0 Å². The lowest BCUT2D eigenvalue weighted by atomic mass is 10.0. The smallest absolute Gasteiger partial charge is 0.269 e. The molecular formula is C9H8ClNO3. The molecule has 1 saturated heterocycles. The highest BCUT2D eigenvalue weighted by Crippen LogP contribution is 2.42. The van der Waals surface area contributed by atoms with E-state index in [1.54, 1.807) is 0 Å². The summed E-state index contributed by atoms with van der Waals surface area (Å²) in [5, 5.41) is 11.0. The van der Waals surface area contributed by atoms with Gasteiger partial charge in [-0.15, -0.1) is 0 Å². The standard InChI is InChI=1S/C9H8ClNO3/c1-9(5-14-9)7-4-6(11(12)13)2-3-8(7)10/h2-4H,5H2,1H3. The molecule has 1 unspecified atom stereocenters. The molecule has 4 nitrogen and oxygen atoms in total. The molecule has 5 heteroatoms. The van der Waals surface area contributed by atoms with E-state index >= 15 is 0 Å². The molecule has 1 aliphatic rings. The van der Waals surface area contributed by atoms with Gasteiger partial charge in [-0.2, -0.15) is 0 Å². The minimum Gasteiger partial charge on any atom is -0.365 e. The Morgan fingerprint density at radius 3 is 2.79 bits per heavy atom. The first-order valence-corrected chi connectivity index (χ1v) is 4.49. The Balaban J connectivity index is 2.48. The number of hydrogen-bond acceptors (Lipinski definition) is 3. The Morgan fingerprint density at radius 2 is 2.29 bits per heavy atom. The topological polar surface area (TPSA) is 55.7 Å². The molecule has 0 radical (unpaired) electrons. The second kappa shape index (κ2) is 2.93. The Hall–Kier alpha value is -1.13. The second-order valence-electron chi connectivity index (χ2n) is 3.44. The van der Waals surface area contributed by atoms with Crippen molar-refractivity contribution in [2.45, 2.75) is 12.5 Å². The number of nitrogens with zero attached hydrogens (tertiary/aromatic N) is 1. The molecule has 0 bridgehead atoms. The molecule has 1 aromatic rings. The van der Waals surface area contributed by atoms with Crippen LogP contribution in [-0.4, -0.2) is 11.5 Å². The summed E-state index contributed by atoms with van der Waals surface area (Å²) in [6, 6.07) is 4.38. The van der Waals surface area contributed by atoms with E-state index < -0.39 is 10.5 Å². The molecule has 0 N–H and O–H groups in total. The first kappa shape index (κ1) is 9.43. The average molecular weight is 214 g/mol. The third-order valence-electron chi connectivity index (χ3n) is 2.31. The molecule has 0 spiro atoms. The third kappa shape index (κ3) is 1.47. The van der Waals surface area contributed by atoms with Crippen molar-refractivity contribution in [2.75, 3.05) is 6.61 Å². The maximum Gasteiger partial charge on any atom is 0.269 e. The van der Waals surface area contributed by atoms with Gasteiger partial charge in [0, 0.05) is 22.7 Å². The predicted octanol–water partition coefficient (Wildman–Crippen LogP) is 2.49. The SMILES string of the molecule is CC1(c2cc([N+](=O)[O-])ccc2Cl)CO1. The summed E-state index contributed by atoms with van der Waals surface area (Å²) in [5.41, 5.74) is 0.304.